The Bertz CT molecular complexity index is 1030. The molecule has 4 aromatic rings. The summed E-state index contributed by atoms with van der Waals surface area (Å²) in [4.78, 5) is 11.1. The molecule has 1 aromatic carbocycles. The number of hydrogen-bond donors (Lipinski definition) is 2. The van der Waals surface area contributed by atoms with E-state index in [4.69, 9.17) is 4.42 Å². The molecule has 0 aliphatic heterocycles. The van der Waals surface area contributed by atoms with Gasteiger partial charge in [-0.25, -0.2) is 0 Å². The number of benzene rings is 1. The van der Waals surface area contributed by atoms with Crippen molar-refractivity contribution >= 4 is 29.2 Å². The zero-order valence-corrected chi connectivity index (χ0v) is 13.1. The van der Waals surface area contributed by atoms with E-state index in [-0.39, 0.29) is 0 Å². The highest BCUT2D eigenvalue weighted by Crippen LogP contribution is 2.23. The number of carbonyl (C=O) groups excluding carboxylic acids is 1. The second kappa shape index (κ2) is 5.82. The Kier molecular flexibility index (Phi) is 3.51. The molecule has 0 radical (unpaired) electrons. The van der Waals surface area contributed by atoms with Crippen LogP contribution in [0.25, 0.3) is 28.5 Å². The van der Waals surface area contributed by atoms with Gasteiger partial charge >= 0.3 is 0 Å². The maximum atomic E-state index is 11.1. The first kappa shape index (κ1) is 14.5. The summed E-state index contributed by atoms with van der Waals surface area (Å²) in [5.74, 6) is 1.11. The smallest absolute Gasteiger partial charge is 0.280 e. The molecule has 1 N–H and O–H groups in total. The molecule has 0 aliphatic carbocycles. The van der Waals surface area contributed by atoms with Crippen LogP contribution >= 0.6 is 12.6 Å². The fourth-order valence-electron chi connectivity index (χ4n) is 2.38. The topological polar surface area (TPSA) is 85.3 Å². The molecule has 0 saturated carbocycles. The van der Waals surface area contributed by atoms with Crippen LogP contribution in [0.15, 0.2) is 59.2 Å². The molecule has 0 spiro atoms. The molecule has 0 saturated heterocycles. The van der Waals surface area contributed by atoms with Gasteiger partial charge in [-0.1, -0.05) is 24.8 Å². The van der Waals surface area contributed by atoms with Gasteiger partial charge in [0.25, 0.3) is 5.24 Å². The number of hydrogen-bond acceptors (Lipinski definition) is 5. The molecule has 0 aliphatic rings. The lowest BCUT2D eigenvalue weighted by Gasteiger charge is -2.05. The first-order valence-corrected chi connectivity index (χ1v) is 7.52. The van der Waals surface area contributed by atoms with Gasteiger partial charge in [0, 0.05) is 11.3 Å². The minimum Gasteiger partial charge on any atom is -0.461 e. The normalized spacial score (nSPS) is 10.9. The molecular weight excluding hydrogens is 326 g/mol. The number of fused-ring (bicyclic) bond motifs is 1. The first-order chi connectivity index (χ1) is 11.7. The second-order valence-corrected chi connectivity index (χ2v) is 5.41. The van der Waals surface area contributed by atoms with Crippen LogP contribution in [0, 0.1) is 0 Å². The van der Waals surface area contributed by atoms with Crippen molar-refractivity contribution in [2.24, 2.45) is 0 Å². The third kappa shape index (κ3) is 2.63. The highest BCUT2D eigenvalue weighted by molar-refractivity contribution is 7.96. The summed E-state index contributed by atoms with van der Waals surface area (Å²) in [6, 6.07) is 14.6. The Morgan fingerprint density at radius 1 is 1.12 bits per heavy atom. The van der Waals surface area contributed by atoms with Crippen LogP contribution in [0.3, 0.4) is 0 Å². The lowest BCUT2D eigenvalue weighted by Crippen LogP contribution is -2.01. The quantitative estimate of drug-likeness (QED) is 0.559. The highest BCUT2D eigenvalue weighted by atomic mass is 32.1. The van der Waals surface area contributed by atoms with E-state index in [1.54, 1.807) is 29.0 Å². The summed E-state index contributed by atoms with van der Waals surface area (Å²) in [6.07, 6.45) is 1.57. The lowest BCUT2D eigenvalue weighted by atomic mass is 10.1. The van der Waals surface area contributed by atoms with Crippen LogP contribution in [0.4, 0.5) is 10.5 Å². The van der Waals surface area contributed by atoms with Crippen molar-refractivity contribution in [1.29, 1.82) is 0 Å². The summed E-state index contributed by atoms with van der Waals surface area (Å²) in [5.41, 5.74) is 2.82. The molecule has 0 atom stereocenters. The number of aromatic nitrogens is 4. The molecule has 1 amide bonds. The summed E-state index contributed by atoms with van der Waals surface area (Å²) >= 11 is 3.72. The van der Waals surface area contributed by atoms with Gasteiger partial charge in [-0.3, -0.25) is 4.79 Å². The molecule has 24 heavy (non-hydrogen) atoms. The van der Waals surface area contributed by atoms with Crippen LogP contribution in [0.1, 0.15) is 0 Å². The minimum absolute atomic E-state index is 0.422. The predicted molar refractivity (Wildman–Crippen MR) is 91.9 cm³/mol. The Hall–Kier alpha value is -3.13. The number of nitrogens with zero attached hydrogens (tertiary/aromatic N) is 4. The van der Waals surface area contributed by atoms with Crippen molar-refractivity contribution in [3.05, 3.63) is 54.8 Å². The average molecular weight is 337 g/mol. The zero-order valence-electron chi connectivity index (χ0n) is 12.2. The SMILES string of the molecule is O=C(S)Nc1cccc(-c2ccc3nnc(-c4ccco4)n3n2)c1. The molecule has 0 unspecified atom stereocenters. The third-order valence-corrected chi connectivity index (χ3v) is 3.53. The van der Waals surface area contributed by atoms with Gasteiger partial charge in [-0.15, -0.1) is 10.2 Å². The van der Waals surface area contributed by atoms with Crippen molar-refractivity contribution in [2.45, 2.75) is 0 Å². The maximum Gasteiger partial charge on any atom is 0.280 e. The molecule has 4 rings (SSSR count). The summed E-state index contributed by atoms with van der Waals surface area (Å²) in [7, 11) is 0. The fraction of sp³-hybridized carbons (Fsp3) is 0. The van der Waals surface area contributed by atoms with E-state index < -0.39 is 5.24 Å². The van der Waals surface area contributed by atoms with E-state index in [1.165, 1.54) is 0 Å². The van der Waals surface area contributed by atoms with E-state index in [9.17, 15) is 4.79 Å². The van der Waals surface area contributed by atoms with Crippen LogP contribution in [-0.4, -0.2) is 25.1 Å². The number of rotatable bonds is 3. The van der Waals surface area contributed by atoms with Gasteiger partial charge in [-0.05, 0) is 36.4 Å². The van der Waals surface area contributed by atoms with Gasteiger partial charge in [0.2, 0.25) is 5.82 Å². The minimum atomic E-state index is -0.422. The molecule has 0 fully saturated rings. The Morgan fingerprint density at radius 3 is 2.83 bits per heavy atom. The van der Waals surface area contributed by atoms with Crippen LogP contribution < -0.4 is 5.32 Å². The average Bonchev–Trinajstić information content (AvgIpc) is 3.23. The van der Waals surface area contributed by atoms with Gasteiger partial charge in [0.1, 0.15) is 0 Å². The van der Waals surface area contributed by atoms with Gasteiger partial charge in [0.05, 0.1) is 12.0 Å². The lowest BCUT2D eigenvalue weighted by molar-refractivity contribution is 0.270. The van der Waals surface area contributed by atoms with E-state index in [1.807, 2.05) is 30.3 Å². The molecule has 8 heteroatoms. The highest BCUT2D eigenvalue weighted by Gasteiger charge is 2.13. The number of thiol groups is 1. The second-order valence-electron chi connectivity index (χ2n) is 5.00. The van der Waals surface area contributed by atoms with Crippen molar-refractivity contribution in [3.8, 4) is 22.8 Å². The molecular formula is C16H11N5O2S. The zero-order chi connectivity index (χ0) is 16.5. The van der Waals surface area contributed by atoms with E-state index in [0.717, 1.165) is 5.56 Å². The van der Waals surface area contributed by atoms with Crippen molar-refractivity contribution in [2.75, 3.05) is 5.32 Å². The number of furan rings is 1. The van der Waals surface area contributed by atoms with Crippen LogP contribution in [-0.2, 0) is 0 Å². The van der Waals surface area contributed by atoms with E-state index in [0.29, 0.717) is 28.6 Å². The Morgan fingerprint density at radius 2 is 2.04 bits per heavy atom. The van der Waals surface area contributed by atoms with Gasteiger partial charge < -0.3 is 9.73 Å². The Labute approximate surface area is 141 Å². The first-order valence-electron chi connectivity index (χ1n) is 7.07. The van der Waals surface area contributed by atoms with Crippen LogP contribution in [0.5, 0.6) is 0 Å². The number of anilines is 1. The van der Waals surface area contributed by atoms with Crippen molar-refractivity contribution in [3.63, 3.8) is 0 Å². The third-order valence-electron chi connectivity index (χ3n) is 3.41. The van der Waals surface area contributed by atoms with Gasteiger partial charge in [-0.2, -0.15) is 9.61 Å². The molecule has 7 nitrogen and oxygen atoms in total. The summed E-state index contributed by atoms with van der Waals surface area (Å²) in [6.45, 7) is 0. The largest absolute Gasteiger partial charge is 0.461 e. The monoisotopic (exact) mass is 337 g/mol. The van der Waals surface area contributed by atoms with Crippen LogP contribution in [0.2, 0.25) is 0 Å². The molecule has 118 valence electrons. The number of nitrogens with one attached hydrogen (secondary N) is 1. The standard InChI is InChI=1S/C16H11N5O2S/c22-16(24)17-11-4-1-3-10(9-11)12-6-7-14-18-19-15(21(14)20-12)13-5-2-8-23-13/h1-9H,(H2,17,22,24). The van der Waals surface area contributed by atoms with Crippen molar-refractivity contribution in [1.82, 2.24) is 19.8 Å². The summed E-state index contributed by atoms with van der Waals surface area (Å²) < 4.78 is 7.00. The van der Waals surface area contributed by atoms with Crippen molar-refractivity contribution < 1.29 is 9.21 Å². The number of amides is 1. The van der Waals surface area contributed by atoms with E-state index in [2.05, 4.69) is 33.2 Å². The number of carbonyl (C=O) groups is 1. The predicted octanol–water partition coefficient (Wildman–Crippen LogP) is 3.51. The molecule has 3 aromatic heterocycles. The molecule has 0 bridgehead atoms. The van der Waals surface area contributed by atoms with E-state index >= 15 is 0 Å². The Balaban J connectivity index is 1.80. The molecule has 3 heterocycles. The van der Waals surface area contributed by atoms with Gasteiger partial charge in [0.15, 0.2) is 11.4 Å². The maximum absolute atomic E-state index is 11.1. The fourth-order valence-corrected chi connectivity index (χ4v) is 2.51. The summed E-state index contributed by atoms with van der Waals surface area (Å²) in [5, 5.41) is 15.0.